The maximum absolute atomic E-state index is 8.90. The number of nitrogen functional groups attached to an aromatic ring is 1. The molecule has 6 nitrogen and oxygen atoms in total. The highest BCUT2D eigenvalue weighted by molar-refractivity contribution is 5.74. The number of aliphatic hydroxyl groups excluding tert-OH is 1. The average Bonchev–Trinajstić information content (AvgIpc) is 2.27. The van der Waals surface area contributed by atoms with E-state index < -0.39 is 0 Å². The number of anilines is 3. The molecule has 0 spiro atoms. The molecule has 84 valence electrons. The number of aromatic nitrogens is 2. The van der Waals surface area contributed by atoms with Crippen LogP contribution >= 0.6 is 0 Å². The van der Waals surface area contributed by atoms with E-state index in [9.17, 15) is 0 Å². The highest BCUT2D eigenvalue weighted by Crippen LogP contribution is 2.24. The number of nitrogens with one attached hydrogen (secondary N) is 1. The van der Waals surface area contributed by atoms with Crippen molar-refractivity contribution in [2.45, 2.75) is 6.92 Å². The molecule has 0 aromatic carbocycles. The molecule has 0 radical (unpaired) electrons. The number of hydrogen-bond donors (Lipinski definition) is 3. The van der Waals surface area contributed by atoms with E-state index in [1.54, 1.807) is 7.05 Å². The van der Waals surface area contributed by atoms with Gasteiger partial charge in [0.2, 0.25) is 0 Å². The molecule has 1 heterocycles. The molecule has 0 saturated carbocycles. The molecule has 0 bridgehead atoms. The Bertz CT molecular complexity index is 317. The first kappa shape index (κ1) is 11.5. The van der Waals surface area contributed by atoms with Crippen molar-refractivity contribution in [3.8, 4) is 0 Å². The fraction of sp³-hybridized carbons (Fsp3) is 0.556. The quantitative estimate of drug-likeness (QED) is 0.631. The third kappa shape index (κ3) is 2.47. The van der Waals surface area contributed by atoms with Gasteiger partial charge in [-0.2, -0.15) is 0 Å². The molecule has 0 fully saturated rings. The Morgan fingerprint density at radius 2 is 2.27 bits per heavy atom. The lowest BCUT2D eigenvalue weighted by molar-refractivity contribution is 0.302. The lowest BCUT2D eigenvalue weighted by Crippen LogP contribution is -2.28. The third-order valence-corrected chi connectivity index (χ3v) is 2.15. The number of aliphatic hydroxyl groups is 1. The van der Waals surface area contributed by atoms with Crippen LogP contribution in [0.1, 0.15) is 6.92 Å². The van der Waals surface area contributed by atoms with Crippen LogP contribution in [-0.2, 0) is 0 Å². The Morgan fingerprint density at radius 1 is 1.53 bits per heavy atom. The lowest BCUT2D eigenvalue weighted by Gasteiger charge is -2.22. The Balaban J connectivity index is 3.01. The van der Waals surface area contributed by atoms with Crippen molar-refractivity contribution in [1.29, 1.82) is 0 Å². The van der Waals surface area contributed by atoms with Gasteiger partial charge in [0.25, 0.3) is 0 Å². The van der Waals surface area contributed by atoms with E-state index in [0.29, 0.717) is 23.9 Å². The summed E-state index contributed by atoms with van der Waals surface area (Å²) in [5.41, 5.74) is 6.40. The van der Waals surface area contributed by atoms with Gasteiger partial charge in [-0.15, -0.1) is 0 Å². The summed E-state index contributed by atoms with van der Waals surface area (Å²) in [6, 6.07) is 0. The molecule has 1 aromatic heterocycles. The Labute approximate surface area is 89.1 Å². The van der Waals surface area contributed by atoms with Gasteiger partial charge < -0.3 is 21.1 Å². The molecule has 1 rings (SSSR count). The first-order chi connectivity index (χ1) is 7.24. The van der Waals surface area contributed by atoms with Gasteiger partial charge in [0.05, 0.1) is 6.61 Å². The van der Waals surface area contributed by atoms with Crippen LogP contribution < -0.4 is 16.0 Å². The summed E-state index contributed by atoms with van der Waals surface area (Å²) in [7, 11) is 1.75. The van der Waals surface area contributed by atoms with Crippen LogP contribution in [0.25, 0.3) is 0 Å². The molecule has 0 amide bonds. The number of rotatable bonds is 5. The molecule has 6 heteroatoms. The zero-order valence-electron chi connectivity index (χ0n) is 9.06. The second-order valence-corrected chi connectivity index (χ2v) is 3.01. The summed E-state index contributed by atoms with van der Waals surface area (Å²) >= 11 is 0. The maximum atomic E-state index is 8.90. The largest absolute Gasteiger partial charge is 0.395 e. The number of likely N-dealkylation sites (N-methyl/N-ethyl adjacent to an activating group) is 1. The smallest absolute Gasteiger partial charge is 0.157 e. The highest BCUT2D eigenvalue weighted by Gasteiger charge is 2.12. The van der Waals surface area contributed by atoms with E-state index in [0.717, 1.165) is 6.54 Å². The SMILES string of the molecule is CCN(CCO)c1ncnc(NC)c1N. The molecular formula is C9H17N5O. The van der Waals surface area contributed by atoms with Gasteiger partial charge in [0.1, 0.15) is 12.0 Å². The van der Waals surface area contributed by atoms with E-state index in [2.05, 4.69) is 15.3 Å². The predicted molar refractivity (Wildman–Crippen MR) is 61.0 cm³/mol. The number of nitrogens with two attached hydrogens (primary N) is 1. The normalized spacial score (nSPS) is 10.1. The van der Waals surface area contributed by atoms with Crippen LogP contribution in [0.5, 0.6) is 0 Å². The molecule has 4 N–H and O–H groups in total. The van der Waals surface area contributed by atoms with E-state index in [1.165, 1.54) is 6.33 Å². The molecule has 15 heavy (non-hydrogen) atoms. The Morgan fingerprint density at radius 3 is 2.80 bits per heavy atom. The van der Waals surface area contributed by atoms with Crippen LogP contribution in [0, 0.1) is 0 Å². The Kier molecular flexibility index (Phi) is 4.11. The summed E-state index contributed by atoms with van der Waals surface area (Å²) in [4.78, 5) is 10.0. The predicted octanol–water partition coefficient (Wildman–Crippen LogP) is -0.0809. The van der Waals surface area contributed by atoms with E-state index >= 15 is 0 Å². The topological polar surface area (TPSA) is 87.3 Å². The number of nitrogens with zero attached hydrogens (tertiary/aromatic N) is 3. The van der Waals surface area contributed by atoms with Gasteiger partial charge in [-0.1, -0.05) is 0 Å². The van der Waals surface area contributed by atoms with Crippen molar-refractivity contribution < 1.29 is 5.11 Å². The molecule has 0 aliphatic heterocycles. The molecule has 0 aliphatic rings. The lowest BCUT2D eigenvalue weighted by atomic mass is 10.3. The minimum absolute atomic E-state index is 0.0756. The van der Waals surface area contributed by atoms with Crippen molar-refractivity contribution >= 4 is 17.3 Å². The molecule has 0 aliphatic carbocycles. The van der Waals surface area contributed by atoms with E-state index in [-0.39, 0.29) is 6.61 Å². The van der Waals surface area contributed by atoms with Crippen molar-refractivity contribution in [2.24, 2.45) is 0 Å². The second kappa shape index (κ2) is 5.35. The standard InChI is InChI=1S/C9H17N5O/c1-3-14(4-5-15)9-7(10)8(11-2)12-6-13-9/h6,15H,3-5,10H2,1-2H3,(H,11,12,13). The summed E-state index contributed by atoms with van der Waals surface area (Å²) in [6.45, 7) is 3.31. The molecule has 0 atom stereocenters. The van der Waals surface area contributed by atoms with Crippen molar-refractivity contribution in [3.63, 3.8) is 0 Å². The fourth-order valence-corrected chi connectivity index (χ4v) is 1.37. The first-order valence-corrected chi connectivity index (χ1v) is 4.88. The van der Waals surface area contributed by atoms with Crippen LogP contribution in [0.4, 0.5) is 17.3 Å². The summed E-state index contributed by atoms with van der Waals surface area (Å²) in [5.74, 6) is 1.27. The van der Waals surface area contributed by atoms with Gasteiger partial charge in [-0.05, 0) is 6.92 Å². The molecule has 0 saturated heterocycles. The second-order valence-electron chi connectivity index (χ2n) is 3.01. The van der Waals surface area contributed by atoms with Crippen molar-refractivity contribution in [3.05, 3.63) is 6.33 Å². The van der Waals surface area contributed by atoms with Crippen LogP contribution in [-0.4, -0.2) is 41.8 Å². The van der Waals surface area contributed by atoms with Crippen LogP contribution in [0.15, 0.2) is 6.33 Å². The minimum Gasteiger partial charge on any atom is -0.395 e. The fourth-order valence-electron chi connectivity index (χ4n) is 1.37. The Hall–Kier alpha value is -1.56. The van der Waals surface area contributed by atoms with Crippen molar-refractivity contribution in [2.75, 3.05) is 42.7 Å². The van der Waals surface area contributed by atoms with Crippen molar-refractivity contribution in [1.82, 2.24) is 9.97 Å². The summed E-state index contributed by atoms with van der Waals surface area (Å²) < 4.78 is 0. The minimum atomic E-state index is 0.0756. The van der Waals surface area contributed by atoms with E-state index in [1.807, 2.05) is 11.8 Å². The zero-order chi connectivity index (χ0) is 11.3. The molecule has 0 unspecified atom stereocenters. The monoisotopic (exact) mass is 211 g/mol. The van der Waals surface area contributed by atoms with Gasteiger partial charge in [0.15, 0.2) is 11.6 Å². The van der Waals surface area contributed by atoms with Gasteiger partial charge in [-0.25, -0.2) is 9.97 Å². The molecular weight excluding hydrogens is 194 g/mol. The zero-order valence-corrected chi connectivity index (χ0v) is 9.06. The summed E-state index contributed by atoms with van der Waals surface area (Å²) in [5, 5.41) is 11.8. The maximum Gasteiger partial charge on any atom is 0.157 e. The van der Waals surface area contributed by atoms with Gasteiger partial charge in [0, 0.05) is 20.1 Å². The highest BCUT2D eigenvalue weighted by atomic mass is 16.3. The third-order valence-electron chi connectivity index (χ3n) is 2.15. The van der Waals surface area contributed by atoms with Crippen LogP contribution in [0.3, 0.4) is 0 Å². The number of hydrogen-bond acceptors (Lipinski definition) is 6. The van der Waals surface area contributed by atoms with Gasteiger partial charge in [-0.3, -0.25) is 0 Å². The molecule has 1 aromatic rings. The van der Waals surface area contributed by atoms with Crippen LogP contribution in [0.2, 0.25) is 0 Å². The van der Waals surface area contributed by atoms with E-state index in [4.69, 9.17) is 10.8 Å². The average molecular weight is 211 g/mol. The van der Waals surface area contributed by atoms with Gasteiger partial charge >= 0.3 is 0 Å². The first-order valence-electron chi connectivity index (χ1n) is 4.88. The summed E-state index contributed by atoms with van der Waals surface area (Å²) in [6.07, 6.45) is 1.46.